The van der Waals surface area contributed by atoms with Crippen molar-refractivity contribution >= 4 is 5.96 Å². The number of ether oxygens (including phenoxy) is 2. The minimum atomic E-state index is 0.204. The number of hydrogen-bond acceptors (Lipinski definition) is 3. The van der Waals surface area contributed by atoms with Crippen molar-refractivity contribution < 1.29 is 9.47 Å². The summed E-state index contributed by atoms with van der Waals surface area (Å²) < 4.78 is 10.9. The Morgan fingerprint density at radius 3 is 2.19 bits per heavy atom. The summed E-state index contributed by atoms with van der Waals surface area (Å²) in [6.45, 7) is 4.65. The molecule has 1 unspecified atom stereocenters. The molecule has 5 heteroatoms. The first-order chi connectivity index (χ1) is 12.7. The zero-order chi connectivity index (χ0) is 18.6. The van der Waals surface area contributed by atoms with Crippen LogP contribution < -0.4 is 10.6 Å². The minimum absolute atomic E-state index is 0.204. The van der Waals surface area contributed by atoms with Crippen LogP contribution in [0.5, 0.6) is 0 Å². The molecule has 0 aliphatic rings. The number of guanidine groups is 1. The third kappa shape index (κ3) is 7.25. The zero-order valence-electron chi connectivity index (χ0n) is 15.9. The molecule has 0 aliphatic heterocycles. The van der Waals surface area contributed by atoms with Crippen molar-refractivity contribution in [3.05, 3.63) is 71.3 Å². The van der Waals surface area contributed by atoms with Crippen molar-refractivity contribution in [2.45, 2.75) is 32.7 Å². The van der Waals surface area contributed by atoms with E-state index >= 15 is 0 Å². The van der Waals surface area contributed by atoms with Crippen LogP contribution in [0.25, 0.3) is 0 Å². The summed E-state index contributed by atoms with van der Waals surface area (Å²) in [5, 5.41) is 6.60. The third-order valence-corrected chi connectivity index (χ3v) is 3.89. The van der Waals surface area contributed by atoms with Gasteiger partial charge in [0, 0.05) is 26.7 Å². The lowest BCUT2D eigenvalue weighted by atomic mass is 10.1. The Balaban J connectivity index is 1.74. The number of aliphatic imine (C=N–C) groups is 1. The molecular weight excluding hydrogens is 326 g/mol. The van der Waals surface area contributed by atoms with Gasteiger partial charge in [0.1, 0.15) is 0 Å². The van der Waals surface area contributed by atoms with Gasteiger partial charge in [0.25, 0.3) is 0 Å². The average Bonchev–Trinajstić information content (AvgIpc) is 2.67. The van der Waals surface area contributed by atoms with Crippen LogP contribution in [0.2, 0.25) is 0 Å². The van der Waals surface area contributed by atoms with Crippen LogP contribution in [0.4, 0.5) is 0 Å². The lowest BCUT2D eigenvalue weighted by molar-refractivity contribution is 0.107. The van der Waals surface area contributed by atoms with Gasteiger partial charge < -0.3 is 20.1 Å². The summed E-state index contributed by atoms with van der Waals surface area (Å²) in [5.74, 6) is 0.768. The number of nitrogens with zero attached hydrogens (tertiary/aromatic N) is 1. The molecule has 0 radical (unpaired) electrons. The fourth-order valence-corrected chi connectivity index (χ4v) is 2.52. The van der Waals surface area contributed by atoms with E-state index in [0.29, 0.717) is 26.4 Å². The largest absolute Gasteiger partial charge is 0.383 e. The Kier molecular flexibility index (Phi) is 8.66. The van der Waals surface area contributed by atoms with Crippen LogP contribution in [-0.2, 0) is 29.2 Å². The molecule has 2 rings (SSSR count). The van der Waals surface area contributed by atoms with Gasteiger partial charge in [0.2, 0.25) is 0 Å². The van der Waals surface area contributed by atoms with E-state index in [9.17, 15) is 0 Å². The molecule has 0 bridgehead atoms. The summed E-state index contributed by atoms with van der Waals surface area (Å²) >= 11 is 0. The highest BCUT2D eigenvalue weighted by Gasteiger charge is 2.04. The van der Waals surface area contributed by atoms with Crippen molar-refractivity contribution in [2.24, 2.45) is 4.99 Å². The van der Waals surface area contributed by atoms with Gasteiger partial charge >= 0.3 is 0 Å². The molecule has 26 heavy (non-hydrogen) atoms. The molecule has 0 saturated heterocycles. The third-order valence-electron chi connectivity index (χ3n) is 3.89. The van der Waals surface area contributed by atoms with Gasteiger partial charge in [-0.1, -0.05) is 54.6 Å². The Bertz CT molecular complexity index is 657. The average molecular weight is 355 g/mol. The number of benzene rings is 2. The molecule has 0 aromatic heterocycles. The van der Waals surface area contributed by atoms with Gasteiger partial charge in [-0.2, -0.15) is 0 Å². The van der Waals surface area contributed by atoms with E-state index in [4.69, 9.17) is 9.47 Å². The van der Waals surface area contributed by atoms with E-state index < -0.39 is 0 Å². The van der Waals surface area contributed by atoms with Crippen molar-refractivity contribution in [2.75, 3.05) is 20.8 Å². The van der Waals surface area contributed by atoms with Crippen molar-refractivity contribution in [3.8, 4) is 0 Å². The molecule has 2 aromatic rings. The molecule has 0 fully saturated rings. The first-order valence-electron chi connectivity index (χ1n) is 8.87. The molecule has 5 nitrogen and oxygen atoms in total. The van der Waals surface area contributed by atoms with Gasteiger partial charge in [0.05, 0.1) is 19.8 Å². The standard InChI is InChI=1S/C21H29N3O2/c1-17(14-25-3)24-21(22-2)23-13-18-9-11-20(12-10-18)16-26-15-19-7-5-4-6-8-19/h4-12,17H,13-16H2,1-3H3,(H2,22,23,24). The van der Waals surface area contributed by atoms with Gasteiger partial charge in [-0.15, -0.1) is 0 Å². The number of hydrogen-bond donors (Lipinski definition) is 2. The van der Waals surface area contributed by atoms with Crippen LogP contribution in [0.1, 0.15) is 23.6 Å². The fourth-order valence-electron chi connectivity index (χ4n) is 2.52. The molecule has 0 amide bonds. The SMILES string of the molecule is CN=C(NCc1ccc(COCc2ccccc2)cc1)NC(C)COC. The second-order valence-corrected chi connectivity index (χ2v) is 6.22. The quantitative estimate of drug-likeness (QED) is 0.536. The van der Waals surface area contributed by atoms with Crippen LogP contribution in [0.15, 0.2) is 59.6 Å². The normalized spacial score (nSPS) is 12.7. The van der Waals surface area contributed by atoms with E-state index in [1.54, 1.807) is 14.2 Å². The first kappa shape index (κ1) is 19.9. The molecule has 0 heterocycles. The molecule has 1 atom stereocenters. The fraction of sp³-hybridized carbons (Fsp3) is 0.381. The zero-order valence-corrected chi connectivity index (χ0v) is 15.9. The number of nitrogens with one attached hydrogen (secondary N) is 2. The number of methoxy groups -OCH3 is 1. The van der Waals surface area contributed by atoms with Gasteiger partial charge in [-0.25, -0.2) is 0 Å². The summed E-state index contributed by atoms with van der Waals surface area (Å²) in [7, 11) is 3.46. The number of rotatable bonds is 9. The van der Waals surface area contributed by atoms with Crippen molar-refractivity contribution in [3.63, 3.8) is 0 Å². The topological polar surface area (TPSA) is 54.9 Å². The highest BCUT2D eigenvalue weighted by Crippen LogP contribution is 2.08. The highest BCUT2D eigenvalue weighted by atomic mass is 16.5. The van der Waals surface area contributed by atoms with Crippen LogP contribution in [-0.4, -0.2) is 32.8 Å². The summed E-state index contributed by atoms with van der Waals surface area (Å²) in [6.07, 6.45) is 0. The van der Waals surface area contributed by atoms with Crippen LogP contribution in [0, 0.1) is 0 Å². The molecule has 2 N–H and O–H groups in total. The maximum atomic E-state index is 5.77. The molecule has 2 aromatic carbocycles. The monoisotopic (exact) mass is 355 g/mol. The van der Waals surface area contributed by atoms with E-state index in [1.165, 1.54) is 16.7 Å². The second kappa shape index (κ2) is 11.3. The van der Waals surface area contributed by atoms with E-state index in [0.717, 1.165) is 5.96 Å². The van der Waals surface area contributed by atoms with E-state index in [1.807, 2.05) is 18.2 Å². The smallest absolute Gasteiger partial charge is 0.191 e. The maximum Gasteiger partial charge on any atom is 0.191 e. The van der Waals surface area contributed by atoms with Gasteiger partial charge in [0.15, 0.2) is 5.96 Å². The maximum absolute atomic E-state index is 5.77. The minimum Gasteiger partial charge on any atom is -0.383 e. The lowest BCUT2D eigenvalue weighted by Crippen LogP contribution is -2.43. The van der Waals surface area contributed by atoms with Gasteiger partial charge in [-0.05, 0) is 23.6 Å². The Morgan fingerprint density at radius 1 is 0.962 bits per heavy atom. The molecule has 0 aliphatic carbocycles. The van der Waals surface area contributed by atoms with Crippen LogP contribution in [0.3, 0.4) is 0 Å². The predicted molar refractivity (Wildman–Crippen MR) is 106 cm³/mol. The van der Waals surface area contributed by atoms with E-state index in [-0.39, 0.29) is 6.04 Å². The van der Waals surface area contributed by atoms with Crippen molar-refractivity contribution in [1.82, 2.24) is 10.6 Å². The molecular formula is C21H29N3O2. The van der Waals surface area contributed by atoms with Crippen LogP contribution >= 0.6 is 0 Å². The molecule has 0 saturated carbocycles. The lowest BCUT2D eigenvalue weighted by Gasteiger charge is -2.17. The summed E-state index contributed by atoms with van der Waals surface area (Å²) in [5.41, 5.74) is 3.55. The Morgan fingerprint density at radius 2 is 1.58 bits per heavy atom. The molecule has 140 valence electrons. The second-order valence-electron chi connectivity index (χ2n) is 6.22. The highest BCUT2D eigenvalue weighted by molar-refractivity contribution is 5.79. The Hall–Kier alpha value is -2.37. The summed E-state index contributed by atoms with van der Waals surface area (Å²) in [6, 6.07) is 18.8. The van der Waals surface area contributed by atoms with E-state index in [2.05, 4.69) is 58.9 Å². The predicted octanol–water partition coefficient (Wildman–Crippen LogP) is 3.10. The molecule has 0 spiro atoms. The Labute approximate surface area is 156 Å². The van der Waals surface area contributed by atoms with Crippen molar-refractivity contribution in [1.29, 1.82) is 0 Å². The summed E-state index contributed by atoms with van der Waals surface area (Å²) in [4.78, 5) is 4.23. The van der Waals surface area contributed by atoms with Gasteiger partial charge in [-0.3, -0.25) is 4.99 Å². The first-order valence-corrected chi connectivity index (χ1v) is 8.87.